The molecular weight excluding hydrogens is 202 g/mol. The van der Waals surface area contributed by atoms with Gasteiger partial charge in [0.2, 0.25) is 0 Å². The topological polar surface area (TPSA) is 63.9 Å². The molecule has 4 heteroatoms. The van der Waals surface area contributed by atoms with E-state index in [-0.39, 0.29) is 0 Å². The molecule has 0 aliphatic heterocycles. The molecule has 2 rings (SSSR count). The van der Waals surface area contributed by atoms with Crippen LogP contribution >= 0.6 is 0 Å². The van der Waals surface area contributed by atoms with E-state index >= 15 is 0 Å². The first-order chi connectivity index (χ1) is 7.85. The lowest BCUT2D eigenvalue weighted by atomic mass is 10.1. The molecule has 84 valence electrons. The van der Waals surface area contributed by atoms with Crippen LogP contribution in [0.25, 0.3) is 11.3 Å². The Balaban J connectivity index is 2.34. The first kappa shape index (κ1) is 10.7. The molecule has 0 aliphatic carbocycles. The van der Waals surface area contributed by atoms with Crippen molar-refractivity contribution in [3.8, 4) is 17.0 Å². The van der Waals surface area contributed by atoms with Crippen molar-refractivity contribution in [2.24, 2.45) is 5.73 Å². The van der Waals surface area contributed by atoms with E-state index in [0.717, 1.165) is 29.3 Å². The van der Waals surface area contributed by atoms with Crippen molar-refractivity contribution in [2.45, 2.75) is 6.42 Å². The van der Waals surface area contributed by atoms with E-state index in [1.54, 1.807) is 7.11 Å². The van der Waals surface area contributed by atoms with Gasteiger partial charge in [-0.3, -0.25) is 0 Å². The number of ether oxygens (including phenoxy) is 1. The van der Waals surface area contributed by atoms with Crippen LogP contribution < -0.4 is 10.5 Å². The fraction of sp³-hybridized carbons (Fsp3) is 0.250. The van der Waals surface area contributed by atoms with Crippen LogP contribution in [0.15, 0.2) is 30.5 Å². The second-order valence-corrected chi connectivity index (χ2v) is 3.48. The van der Waals surface area contributed by atoms with Crippen LogP contribution in [0.5, 0.6) is 5.75 Å². The molecule has 0 unspecified atom stereocenters. The van der Waals surface area contributed by atoms with Crippen LogP contribution in [0.2, 0.25) is 0 Å². The molecule has 0 radical (unpaired) electrons. The lowest BCUT2D eigenvalue weighted by molar-refractivity contribution is 0.416. The van der Waals surface area contributed by atoms with Gasteiger partial charge in [-0.15, -0.1) is 0 Å². The molecule has 1 aromatic heterocycles. The summed E-state index contributed by atoms with van der Waals surface area (Å²) < 4.78 is 5.30. The van der Waals surface area contributed by atoms with Crippen molar-refractivity contribution in [2.75, 3.05) is 13.7 Å². The maximum absolute atomic E-state index is 5.48. The molecule has 0 saturated heterocycles. The van der Waals surface area contributed by atoms with Gasteiger partial charge in [0, 0.05) is 12.0 Å². The third kappa shape index (κ3) is 2.06. The molecule has 0 atom stereocenters. The number of hydrogen-bond acceptors (Lipinski definition) is 3. The second kappa shape index (κ2) is 4.81. The summed E-state index contributed by atoms with van der Waals surface area (Å²) in [6, 6.07) is 7.85. The zero-order valence-corrected chi connectivity index (χ0v) is 9.23. The molecule has 0 saturated carbocycles. The number of methoxy groups -OCH3 is 1. The largest absolute Gasteiger partial charge is 0.496 e. The molecule has 2 aromatic rings. The fourth-order valence-electron chi connectivity index (χ4n) is 1.63. The molecule has 0 aliphatic rings. The predicted octanol–water partition coefficient (Wildman–Crippen LogP) is 1.59. The normalized spacial score (nSPS) is 10.4. The molecule has 0 bridgehead atoms. The number of H-pyrrole nitrogens is 1. The van der Waals surface area contributed by atoms with Crippen molar-refractivity contribution in [3.05, 3.63) is 36.3 Å². The van der Waals surface area contributed by atoms with Gasteiger partial charge in [-0.25, -0.2) is 4.98 Å². The highest BCUT2D eigenvalue weighted by Gasteiger charge is 2.07. The second-order valence-electron chi connectivity index (χ2n) is 3.48. The van der Waals surface area contributed by atoms with Gasteiger partial charge in [0.05, 0.1) is 19.0 Å². The van der Waals surface area contributed by atoms with Crippen LogP contribution in [-0.4, -0.2) is 23.6 Å². The van der Waals surface area contributed by atoms with E-state index in [4.69, 9.17) is 10.5 Å². The van der Waals surface area contributed by atoms with Gasteiger partial charge in [-0.2, -0.15) is 0 Å². The Morgan fingerprint density at radius 2 is 2.19 bits per heavy atom. The summed E-state index contributed by atoms with van der Waals surface area (Å²) in [5, 5.41) is 0. The third-order valence-electron chi connectivity index (χ3n) is 2.41. The fourth-order valence-corrected chi connectivity index (χ4v) is 1.63. The van der Waals surface area contributed by atoms with Gasteiger partial charge >= 0.3 is 0 Å². The molecule has 16 heavy (non-hydrogen) atoms. The molecular formula is C12H15N3O. The molecule has 4 nitrogen and oxygen atoms in total. The van der Waals surface area contributed by atoms with Gasteiger partial charge in [-0.1, -0.05) is 12.1 Å². The Bertz CT molecular complexity index is 465. The van der Waals surface area contributed by atoms with Gasteiger partial charge in [-0.05, 0) is 18.7 Å². The molecule has 3 N–H and O–H groups in total. The summed E-state index contributed by atoms with van der Waals surface area (Å²) in [7, 11) is 1.66. The summed E-state index contributed by atoms with van der Waals surface area (Å²) in [6.07, 6.45) is 2.57. The van der Waals surface area contributed by atoms with Crippen molar-refractivity contribution in [3.63, 3.8) is 0 Å². The lowest BCUT2D eigenvalue weighted by Crippen LogP contribution is -2.03. The minimum Gasteiger partial charge on any atom is -0.496 e. The molecule has 0 amide bonds. The van der Waals surface area contributed by atoms with Crippen molar-refractivity contribution >= 4 is 0 Å². The third-order valence-corrected chi connectivity index (χ3v) is 2.41. The average molecular weight is 217 g/mol. The standard InChI is InChI=1S/C12H15N3O/c1-16-11-5-3-2-4-9(11)10-8-14-12(15-10)6-7-13/h2-5,8H,6-7,13H2,1H3,(H,14,15). The number of para-hydroxylation sites is 1. The van der Waals surface area contributed by atoms with E-state index in [1.165, 1.54) is 0 Å². The Morgan fingerprint density at radius 3 is 2.94 bits per heavy atom. The summed E-state index contributed by atoms with van der Waals surface area (Å²) in [5.41, 5.74) is 7.45. The number of nitrogens with two attached hydrogens (primary N) is 1. The Hall–Kier alpha value is -1.81. The smallest absolute Gasteiger partial charge is 0.128 e. The highest BCUT2D eigenvalue weighted by atomic mass is 16.5. The average Bonchev–Trinajstić information content (AvgIpc) is 2.78. The molecule has 0 fully saturated rings. The van der Waals surface area contributed by atoms with Crippen molar-refractivity contribution in [1.29, 1.82) is 0 Å². The monoisotopic (exact) mass is 217 g/mol. The van der Waals surface area contributed by atoms with Gasteiger partial charge in [0.25, 0.3) is 0 Å². The number of imidazole rings is 1. The summed E-state index contributed by atoms with van der Waals surface area (Å²) in [6.45, 7) is 0.596. The number of benzene rings is 1. The SMILES string of the molecule is COc1ccccc1-c1cnc(CCN)[nH]1. The number of aromatic nitrogens is 2. The van der Waals surface area contributed by atoms with Crippen LogP contribution in [-0.2, 0) is 6.42 Å². The number of aromatic amines is 1. The summed E-state index contributed by atoms with van der Waals surface area (Å²) >= 11 is 0. The van der Waals surface area contributed by atoms with Crippen molar-refractivity contribution < 1.29 is 4.74 Å². The number of rotatable bonds is 4. The van der Waals surface area contributed by atoms with Gasteiger partial charge < -0.3 is 15.5 Å². The van der Waals surface area contributed by atoms with Gasteiger partial charge in [0.15, 0.2) is 0 Å². The maximum atomic E-state index is 5.48. The maximum Gasteiger partial charge on any atom is 0.128 e. The van der Waals surface area contributed by atoms with Crippen LogP contribution in [0.3, 0.4) is 0 Å². The van der Waals surface area contributed by atoms with E-state index in [2.05, 4.69) is 9.97 Å². The zero-order valence-electron chi connectivity index (χ0n) is 9.23. The quantitative estimate of drug-likeness (QED) is 0.817. The van der Waals surface area contributed by atoms with Crippen molar-refractivity contribution in [1.82, 2.24) is 9.97 Å². The summed E-state index contributed by atoms with van der Waals surface area (Å²) in [5.74, 6) is 1.74. The molecule has 1 heterocycles. The minimum atomic E-state index is 0.596. The number of nitrogens with one attached hydrogen (secondary N) is 1. The van der Waals surface area contributed by atoms with Crippen LogP contribution in [0.4, 0.5) is 0 Å². The van der Waals surface area contributed by atoms with Gasteiger partial charge in [0.1, 0.15) is 11.6 Å². The Morgan fingerprint density at radius 1 is 1.38 bits per heavy atom. The highest BCUT2D eigenvalue weighted by Crippen LogP contribution is 2.27. The van der Waals surface area contributed by atoms with Crippen LogP contribution in [0, 0.1) is 0 Å². The van der Waals surface area contributed by atoms with E-state index in [1.807, 2.05) is 30.5 Å². The first-order valence-corrected chi connectivity index (χ1v) is 5.22. The number of nitrogens with zero attached hydrogens (tertiary/aromatic N) is 1. The minimum absolute atomic E-state index is 0.596. The Kier molecular flexibility index (Phi) is 3.22. The molecule has 1 aromatic carbocycles. The predicted molar refractivity (Wildman–Crippen MR) is 63.3 cm³/mol. The Labute approximate surface area is 94.5 Å². The van der Waals surface area contributed by atoms with Crippen LogP contribution in [0.1, 0.15) is 5.82 Å². The van der Waals surface area contributed by atoms with E-state index in [0.29, 0.717) is 6.54 Å². The number of hydrogen-bond donors (Lipinski definition) is 2. The first-order valence-electron chi connectivity index (χ1n) is 5.22. The highest BCUT2D eigenvalue weighted by molar-refractivity contribution is 5.66. The lowest BCUT2D eigenvalue weighted by Gasteiger charge is -2.05. The summed E-state index contributed by atoms with van der Waals surface area (Å²) in [4.78, 5) is 7.50. The molecule has 0 spiro atoms. The van der Waals surface area contributed by atoms with E-state index in [9.17, 15) is 0 Å². The van der Waals surface area contributed by atoms with E-state index < -0.39 is 0 Å². The zero-order chi connectivity index (χ0) is 11.4.